The first-order valence-corrected chi connectivity index (χ1v) is 8.09. The second-order valence-electron chi connectivity index (χ2n) is 6.01. The van der Waals surface area contributed by atoms with E-state index in [1.807, 2.05) is 44.0 Å². The molecule has 0 radical (unpaired) electrons. The highest BCUT2D eigenvalue weighted by atomic mass is 16.5. The van der Waals surface area contributed by atoms with Crippen LogP contribution in [-0.4, -0.2) is 44.7 Å². The van der Waals surface area contributed by atoms with Crippen molar-refractivity contribution in [1.29, 1.82) is 0 Å². The average molecular weight is 312 g/mol. The van der Waals surface area contributed by atoms with Crippen molar-refractivity contribution >= 4 is 0 Å². The molecule has 2 aromatic rings. The molecule has 2 aromatic heterocycles. The second kappa shape index (κ2) is 7.53. The fourth-order valence-electron chi connectivity index (χ4n) is 3.22. The van der Waals surface area contributed by atoms with Crippen molar-refractivity contribution in [2.24, 2.45) is 7.05 Å². The van der Waals surface area contributed by atoms with E-state index in [1.54, 1.807) is 0 Å². The van der Waals surface area contributed by atoms with Crippen molar-refractivity contribution in [1.82, 2.24) is 19.4 Å². The van der Waals surface area contributed by atoms with E-state index >= 15 is 0 Å². The summed E-state index contributed by atoms with van der Waals surface area (Å²) >= 11 is 0. The minimum absolute atomic E-state index is 0.230. The third-order valence-corrected chi connectivity index (χ3v) is 4.46. The predicted molar refractivity (Wildman–Crippen MR) is 89.9 cm³/mol. The van der Waals surface area contributed by atoms with Crippen LogP contribution in [0.3, 0.4) is 0 Å². The van der Waals surface area contributed by atoms with E-state index in [-0.39, 0.29) is 6.10 Å². The largest absolute Gasteiger partial charge is 0.372 e. The Morgan fingerprint density at radius 1 is 1.43 bits per heavy atom. The van der Waals surface area contributed by atoms with Crippen molar-refractivity contribution in [3.8, 4) is 0 Å². The van der Waals surface area contributed by atoms with Crippen molar-refractivity contribution < 1.29 is 4.74 Å². The van der Waals surface area contributed by atoms with Gasteiger partial charge in [0.15, 0.2) is 0 Å². The maximum absolute atomic E-state index is 6.01. The molecule has 0 saturated carbocycles. The van der Waals surface area contributed by atoms with Gasteiger partial charge in [-0.25, -0.2) is 4.98 Å². The van der Waals surface area contributed by atoms with E-state index in [0.717, 1.165) is 31.8 Å². The van der Waals surface area contributed by atoms with Crippen LogP contribution in [0, 0.1) is 0 Å². The van der Waals surface area contributed by atoms with Crippen LogP contribution in [0.4, 0.5) is 0 Å². The van der Waals surface area contributed by atoms with Gasteiger partial charge in [-0.2, -0.15) is 0 Å². The molecule has 0 aliphatic carbocycles. The summed E-state index contributed by atoms with van der Waals surface area (Å²) in [5.41, 5.74) is 1.25. The first-order chi connectivity index (χ1) is 11.3. The summed E-state index contributed by atoms with van der Waals surface area (Å²) in [5.74, 6) is 1.09. The van der Waals surface area contributed by atoms with Crippen LogP contribution in [0.5, 0.6) is 0 Å². The van der Waals surface area contributed by atoms with Crippen LogP contribution in [0.1, 0.15) is 17.8 Å². The molecule has 2 atom stereocenters. The minimum atomic E-state index is 0.230. The molecule has 1 aliphatic rings. The molecule has 1 fully saturated rings. The second-order valence-corrected chi connectivity index (χ2v) is 6.01. The van der Waals surface area contributed by atoms with Crippen LogP contribution in [-0.2, 0) is 24.8 Å². The number of hydrogen-bond donors (Lipinski definition) is 0. The monoisotopic (exact) mass is 312 g/mol. The zero-order valence-electron chi connectivity index (χ0n) is 13.6. The Morgan fingerprint density at radius 3 is 3.04 bits per heavy atom. The maximum Gasteiger partial charge on any atom is 0.122 e. The molecule has 0 aromatic carbocycles. The lowest BCUT2D eigenvalue weighted by molar-refractivity contribution is 0.0415. The highest BCUT2D eigenvalue weighted by Gasteiger charge is 2.35. The van der Waals surface area contributed by atoms with Crippen LogP contribution >= 0.6 is 0 Å². The van der Waals surface area contributed by atoms with E-state index in [0.29, 0.717) is 12.6 Å². The van der Waals surface area contributed by atoms with E-state index in [2.05, 4.69) is 32.1 Å². The lowest BCUT2D eigenvalue weighted by atomic mass is 10.0. The maximum atomic E-state index is 6.01. The Hall–Kier alpha value is -1.98. The number of ether oxygens (including phenoxy) is 1. The van der Waals surface area contributed by atoms with Gasteiger partial charge in [-0.15, -0.1) is 6.58 Å². The Kier molecular flexibility index (Phi) is 5.20. The standard InChI is InChI=1S/C18H24N4O/c1-3-11-23-17-6-9-22(14-18-20-8-10-21(18)2)16(17)12-15-5-4-7-19-13-15/h3-5,7-8,10,13,16-17H,1,6,9,11-12,14H2,2H3/t16-,17-/m1/s1. The molecular weight excluding hydrogens is 288 g/mol. The Balaban J connectivity index is 1.74. The molecule has 0 spiro atoms. The van der Waals surface area contributed by atoms with Gasteiger partial charge in [0.25, 0.3) is 0 Å². The molecule has 0 N–H and O–H groups in total. The molecule has 0 bridgehead atoms. The van der Waals surface area contributed by atoms with Gasteiger partial charge in [0.2, 0.25) is 0 Å². The molecule has 23 heavy (non-hydrogen) atoms. The molecule has 0 unspecified atom stereocenters. The third-order valence-electron chi connectivity index (χ3n) is 4.46. The van der Waals surface area contributed by atoms with E-state index < -0.39 is 0 Å². The van der Waals surface area contributed by atoms with Crippen molar-refractivity contribution in [3.05, 3.63) is 61.0 Å². The Bertz CT molecular complexity index is 625. The van der Waals surface area contributed by atoms with Crippen molar-refractivity contribution in [2.75, 3.05) is 13.2 Å². The van der Waals surface area contributed by atoms with E-state index in [9.17, 15) is 0 Å². The van der Waals surface area contributed by atoms with Gasteiger partial charge in [0.1, 0.15) is 5.82 Å². The Morgan fingerprint density at radius 2 is 2.35 bits per heavy atom. The summed E-state index contributed by atoms with van der Waals surface area (Å²) < 4.78 is 8.09. The van der Waals surface area contributed by atoms with Gasteiger partial charge in [-0.1, -0.05) is 12.1 Å². The van der Waals surface area contributed by atoms with Gasteiger partial charge in [0, 0.05) is 44.4 Å². The topological polar surface area (TPSA) is 43.2 Å². The normalized spacial score (nSPS) is 21.6. The summed E-state index contributed by atoms with van der Waals surface area (Å²) in [6.07, 6.45) is 11.7. The molecule has 122 valence electrons. The van der Waals surface area contributed by atoms with Gasteiger partial charge in [0.05, 0.1) is 19.3 Å². The van der Waals surface area contributed by atoms with Gasteiger partial charge < -0.3 is 9.30 Å². The molecule has 5 nitrogen and oxygen atoms in total. The summed E-state index contributed by atoms with van der Waals surface area (Å²) in [5, 5.41) is 0. The number of aromatic nitrogens is 3. The van der Waals surface area contributed by atoms with Crippen molar-refractivity contribution in [3.63, 3.8) is 0 Å². The third kappa shape index (κ3) is 3.86. The number of pyridine rings is 1. The summed E-state index contributed by atoms with van der Waals surface area (Å²) in [6.45, 7) is 6.24. The molecule has 1 saturated heterocycles. The molecule has 3 rings (SSSR count). The fourth-order valence-corrected chi connectivity index (χ4v) is 3.22. The lowest BCUT2D eigenvalue weighted by Gasteiger charge is -2.28. The highest BCUT2D eigenvalue weighted by Crippen LogP contribution is 2.25. The van der Waals surface area contributed by atoms with Crippen LogP contribution in [0.25, 0.3) is 0 Å². The van der Waals surface area contributed by atoms with Gasteiger partial charge >= 0.3 is 0 Å². The molecule has 3 heterocycles. The van der Waals surface area contributed by atoms with Gasteiger partial charge in [-0.05, 0) is 24.5 Å². The first kappa shape index (κ1) is 15.9. The molecule has 1 aliphatic heterocycles. The molecule has 0 amide bonds. The predicted octanol–water partition coefficient (Wildman–Crippen LogP) is 2.20. The molecule has 5 heteroatoms. The number of nitrogens with zero attached hydrogens (tertiary/aromatic N) is 4. The lowest BCUT2D eigenvalue weighted by Crippen LogP contribution is -2.38. The van der Waals surface area contributed by atoms with E-state index in [1.165, 1.54) is 5.56 Å². The van der Waals surface area contributed by atoms with Crippen LogP contribution in [0.15, 0.2) is 49.6 Å². The zero-order chi connectivity index (χ0) is 16.1. The first-order valence-electron chi connectivity index (χ1n) is 8.09. The number of aryl methyl sites for hydroxylation is 1. The summed E-state index contributed by atoms with van der Waals surface area (Å²) in [6, 6.07) is 4.47. The fraction of sp³-hybridized carbons (Fsp3) is 0.444. The number of hydrogen-bond acceptors (Lipinski definition) is 4. The summed E-state index contributed by atoms with van der Waals surface area (Å²) in [4.78, 5) is 11.2. The van der Waals surface area contributed by atoms with Gasteiger partial charge in [-0.3, -0.25) is 9.88 Å². The van der Waals surface area contributed by atoms with Crippen LogP contribution in [0.2, 0.25) is 0 Å². The number of imidazole rings is 1. The molecular formula is C18H24N4O. The average Bonchev–Trinajstić information content (AvgIpc) is 3.14. The minimum Gasteiger partial charge on any atom is -0.372 e. The highest BCUT2D eigenvalue weighted by molar-refractivity contribution is 5.12. The smallest absolute Gasteiger partial charge is 0.122 e. The quantitative estimate of drug-likeness (QED) is 0.735. The number of rotatable bonds is 7. The number of likely N-dealkylation sites (tertiary alicyclic amines) is 1. The SMILES string of the molecule is C=CCO[C@@H]1CCN(Cc2nccn2C)[C@@H]1Cc1cccnc1. The van der Waals surface area contributed by atoms with Crippen molar-refractivity contribution in [2.45, 2.75) is 31.5 Å². The van der Waals surface area contributed by atoms with Crippen LogP contribution < -0.4 is 0 Å². The zero-order valence-corrected chi connectivity index (χ0v) is 13.6. The van der Waals surface area contributed by atoms with E-state index in [4.69, 9.17) is 4.74 Å². The summed E-state index contributed by atoms with van der Waals surface area (Å²) in [7, 11) is 2.04. The Labute approximate surface area is 137 Å².